The fourth-order valence-corrected chi connectivity index (χ4v) is 3.58. The van der Waals surface area contributed by atoms with Crippen molar-refractivity contribution >= 4 is 17.3 Å². The van der Waals surface area contributed by atoms with Crippen LogP contribution in [0.2, 0.25) is 0 Å². The molecule has 3 N–H and O–H groups in total. The molecule has 3 aromatic rings. The third-order valence-electron chi connectivity index (χ3n) is 4.08. The minimum atomic E-state index is -4.50. The first-order valence-electron chi connectivity index (χ1n) is 8.48. The van der Waals surface area contributed by atoms with Crippen LogP contribution in [0, 0.1) is 13.8 Å². The van der Waals surface area contributed by atoms with E-state index < -0.39 is 17.7 Å². The number of para-hydroxylation sites is 1. The van der Waals surface area contributed by atoms with Gasteiger partial charge in [0, 0.05) is 16.3 Å². The third kappa shape index (κ3) is 5.02. The van der Waals surface area contributed by atoms with Crippen molar-refractivity contribution < 1.29 is 23.1 Å². The number of aromatic nitrogens is 1. The summed E-state index contributed by atoms with van der Waals surface area (Å²) >= 11 is 1.77. The van der Waals surface area contributed by atoms with Crippen molar-refractivity contribution in [3.8, 4) is 5.69 Å². The molecule has 0 radical (unpaired) electrons. The van der Waals surface area contributed by atoms with Crippen LogP contribution in [-0.4, -0.2) is 22.2 Å². The Morgan fingerprint density at radius 3 is 2.36 bits per heavy atom. The van der Waals surface area contributed by atoms with Crippen molar-refractivity contribution in [1.82, 2.24) is 4.57 Å². The van der Waals surface area contributed by atoms with Crippen molar-refractivity contribution in [2.75, 3.05) is 6.54 Å². The molecule has 0 bridgehead atoms. The highest BCUT2D eigenvalue weighted by atomic mass is 32.1. The summed E-state index contributed by atoms with van der Waals surface area (Å²) in [4.78, 5) is 12.4. The number of rotatable bonds is 4. The predicted molar refractivity (Wildman–Crippen MR) is 104 cm³/mol. The Morgan fingerprint density at radius 2 is 1.86 bits per heavy atom. The maximum absolute atomic E-state index is 13.0. The number of benzene rings is 1. The second kappa shape index (κ2) is 9.07. The Labute approximate surface area is 165 Å². The molecular weight excluding hydrogens is 389 g/mol. The summed E-state index contributed by atoms with van der Waals surface area (Å²) in [7, 11) is 0. The molecule has 8 heteroatoms. The van der Waals surface area contributed by atoms with Gasteiger partial charge in [0.05, 0.1) is 16.8 Å². The Bertz CT molecular complexity index is 932. The normalized spacial score (nSPS) is 11.1. The van der Waals surface area contributed by atoms with E-state index in [2.05, 4.69) is 17.5 Å². The maximum atomic E-state index is 13.0. The molecule has 0 spiro atoms. The number of aromatic carboxylic acids is 1. The first-order chi connectivity index (χ1) is 13.2. The number of thiophene rings is 1. The molecule has 3 rings (SSSR count). The number of halogens is 3. The Hall–Kier alpha value is -2.58. The van der Waals surface area contributed by atoms with Gasteiger partial charge in [0.1, 0.15) is 0 Å². The SMILES string of the molecule is Cc1cc(C(=O)O)c(C)n1-c1ccccc1C(F)(F)F.NCCc1cccs1. The quantitative estimate of drug-likeness (QED) is 0.632. The molecule has 0 amide bonds. The predicted octanol–water partition coefficient (Wildman–Crippen LogP) is 5.06. The van der Waals surface area contributed by atoms with Crippen LogP contribution >= 0.6 is 11.3 Å². The highest BCUT2D eigenvalue weighted by Crippen LogP contribution is 2.35. The van der Waals surface area contributed by atoms with E-state index in [1.807, 2.05) is 0 Å². The van der Waals surface area contributed by atoms with Crippen molar-refractivity contribution in [3.05, 3.63) is 75.2 Å². The third-order valence-corrected chi connectivity index (χ3v) is 5.02. The van der Waals surface area contributed by atoms with Crippen LogP contribution in [0.25, 0.3) is 5.69 Å². The lowest BCUT2D eigenvalue weighted by atomic mass is 10.1. The lowest BCUT2D eigenvalue weighted by molar-refractivity contribution is -0.137. The van der Waals surface area contributed by atoms with E-state index in [1.54, 1.807) is 18.3 Å². The van der Waals surface area contributed by atoms with Gasteiger partial charge in [-0.2, -0.15) is 13.2 Å². The summed E-state index contributed by atoms with van der Waals surface area (Å²) in [6, 6.07) is 10.6. The standard InChI is InChI=1S/C14H12F3NO2.C6H9NS/c1-8-7-10(13(19)20)9(2)18(8)12-6-4-3-5-11(12)14(15,16)17;7-4-3-6-2-1-5-8-6/h3-7H,1-2H3,(H,19,20);1-2,5H,3-4,7H2. The van der Waals surface area contributed by atoms with Gasteiger partial charge >= 0.3 is 12.1 Å². The number of aryl methyl sites for hydroxylation is 1. The van der Waals surface area contributed by atoms with Gasteiger partial charge in [-0.3, -0.25) is 0 Å². The molecule has 4 nitrogen and oxygen atoms in total. The number of carboxylic acid groups (broad SMARTS) is 1. The van der Waals surface area contributed by atoms with Crippen LogP contribution in [-0.2, 0) is 12.6 Å². The molecular formula is C20H21F3N2O2S. The van der Waals surface area contributed by atoms with Crippen molar-refractivity contribution in [3.63, 3.8) is 0 Å². The Morgan fingerprint density at radius 1 is 1.18 bits per heavy atom. The maximum Gasteiger partial charge on any atom is 0.418 e. The van der Waals surface area contributed by atoms with Crippen LogP contribution in [0.3, 0.4) is 0 Å². The molecule has 0 saturated heterocycles. The number of hydrogen-bond donors (Lipinski definition) is 2. The van der Waals surface area contributed by atoms with E-state index in [9.17, 15) is 18.0 Å². The van der Waals surface area contributed by atoms with Crippen molar-refractivity contribution in [2.45, 2.75) is 26.4 Å². The zero-order valence-corrected chi connectivity index (χ0v) is 16.3. The summed E-state index contributed by atoms with van der Waals surface area (Å²) in [5.41, 5.74) is 5.18. The molecule has 2 heterocycles. The summed E-state index contributed by atoms with van der Waals surface area (Å²) in [5, 5.41) is 11.1. The van der Waals surface area contributed by atoms with Crippen LogP contribution in [0.4, 0.5) is 13.2 Å². The van der Waals surface area contributed by atoms with Gasteiger partial charge in [0.15, 0.2) is 0 Å². The van der Waals surface area contributed by atoms with E-state index >= 15 is 0 Å². The zero-order chi connectivity index (χ0) is 20.9. The smallest absolute Gasteiger partial charge is 0.418 e. The summed E-state index contributed by atoms with van der Waals surface area (Å²) in [6.07, 6.45) is -3.47. The second-order valence-corrected chi connectivity index (χ2v) is 7.09. The molecule has 0 aliphatic rings. The lowest BCUT2D eigenvalue weighted by Gasteiger charge is -2.16. The van der Waals surface area contributed by atoms with E-state index in [1.165, 1.54) is 40.6 Å². The van der Waals surface area contributed by atoms with Crippen molar-refractivity contribution in [2.24, 2.45) is 5.73 Å². The molecule has 0 aliphatic carbocycles. The highest BCUT2D eigenvalue weighted by Gasteiger charge is 2.34. The lowest BCUT2D eigenvalue weighted by Crippen LogP contribution is -2.12. The number of carboxylic acids is 1. The summed E-state index contributed by atoms with van der Waals surface area (Å²) in [6.45, 7) is 3.83. The van der Waals surface area contributed by atoms with Gasteiger partial charge in [0.2, 0.25) is 0 Å². The van der Waals surface area contributed by atoms with E-state index in [0.717, 1.165) is 19.0 Å². The first kappa shape index (κ1) is 21.7. The zero-order valence-electron chi connectivity index (χ0n) is 15.5. The summed E-state index contributed by atoms with van der Waals surface area (Å²) in [5.74, 6) is -1.16. The van der Waals surface area contributed by atoms with E-state index in [4.69, 9.17) is 10.8 Å². The van der Waals surface area contributed by atoms with Gasteiger partial charge in [-0.05, 0) is 56.5 Å². The minimum Gasteiger partial charge on any atom is -0.478 e. The largest absolute Gasteiger partial charge is 0.478 e. The van der Waals surface area contributed by atoms with Crippen LogP contribution in [0.5, 0.6) is 0 Å². The number of nitrogens with two attached hydrogens (primary N) is 1. The Balaban J connectivity index is 0.000000292. The molecule has 0 unspecified atom stereocenters. The number of nitrogens with zero attached hydrogens (tertiary/aromatic N) is 1. The molecule has 0 atom stereocenters. The fourth-order valence-electron chi connectivity index (χ4n) is 2.86. The van der Waals surface area contributed by atoms with Crippen LogP contribution in [0.15, 0.2) is 47.8 Å². The molecule has 0 saturated carbocycles. The molecule has 2 aromatic heterocycles. The average molecular weight is 410 g/mol. The summed E-state index contributed by atoms with van der Waals surface area (Å²) < 4.78 is 40.4. The van der Waals surface area contributed by atoms with E-state index in [-0.39, 0.29) is 16.9 Å². The average Bonchev–Trinajstić information content (AvgIpc) is 3.23. The molecule has 0 aliphatic heterocycles. The van der Waals surface area contributed by atoms with Gasteiger partial charge in [-0.15, -0.1) is 11.3 Å². The highest BCUT2D eigenvalue weighted by molar-refractivity contribution is 7.09. The van der Waals surface area contributed by atoms with E-state index in [0.29, 0.717) is 5.69 Å². The molecule has 0 fully saturated rings. The first-order valence-corrected chi connectivity index (χ1v) is 9.36. The molecule has 1 aromatic carbocycles. The monoisotopic (exact) mass is 410 g/mol. The van der Waals surface area contributed by atoms with Gasteiger partial charge in [-0.1, -0.05) is 18.2 Å². The molecule has 28 heavy (non-hydrogen) atoms. The van der Waals surface area contributed by atoms with Crippen molar-refractivity contribution in [1.29, 1.82) is 0 Å². The molecule has 150 valence electrons. The topological polar surface area (TPSA) is 68.2 Å². The van der Waals surface area contributed by atoms with Crippen LogP contribution < -0.4 is 5.73 Å². The van der Waals surface area contributed by atoms with Crippen LogP contribution in [0.1, 0.15) is 32.2 Å². The minimum absolute atomic E-state index is 0.000484. The van der Waals surface area contributed by atoms with Gasteiger partial charge < -0.3 is 15.4 Å². The number of carbonyl (C=O) groups is 1. The van der Waals surface area contributed by atoms with Gasteiger partial charge in [-0.25, -0.2) is 4.79 Å². The van der Waals surface area contributed by atoms with Gasteiger partial charge in [0.25, 0.3) is 0 Å². The number of alkyl halides is 3. The number of hydrogen-bond acceptors (Lipinski definition) is 3. The second-order valence-electron chi connectivity index (χ2n) is 6.06. The Kier molecular flexibility index (Phi) is 7.04. The fraction of sp³-hybridized carbons (Fsp3) is 0.250.